The highest BCUT2D eigenvalue weighted by molar-refractivity contribution is 5.85. The van der Waals surface area contributed by atoms with Gasteiger partial charge in [-0.05, 0) is 26.7 Å². The average Bonchev–Trinajstić information content (AvgIpc) is 2.67. The molecule has 116 valence electrons. The molecule has 20 heavy (non-hydrogen) atoms. The van der Waals surface area contributed by atoms with Crippen molar-refractivity contribution in [3.8, 4) is 0 Å². The largest absolute Gasteiger partial charge is 0.479 e. The van der Waals surface area contributed by atoms with Crippen LogP contribution in [-0.2, 0) is 14.3 Å². The second kappa shape index (κ2) is 5.60. The van der Waals surface area contributed by atoms with Crippen molar-refractivity contribution in [1.82, 2.24) is 4.90 Å². The van der Waals surface area contributed by atoms with Crippen LogP contribution in [0.2, 0.25) is 0 Å². The third kappa shape index (κ3) is 3.06. The van der Waals surface area contributed by atoms with Gasteiger partial charge >= 0.3 is 12.1 Å². The molecular formula is C14H25NO5. The van der Waals surface area contributed by atoms with Crippen molar-refractivity contribution >= 4 is 12.1 Å². The van der Waals surface area contributed by atoms with Crippen LogP contribution in [-0.4, -0.2) is 53.0 Å². The van der Waals surface area contributed by atoms with Crippen molar-refractivity contribution in [3.63, 3.8) is 0 Å². The SMILES string of the molecule is CO[C@@H]1CN(C(=O)OC(C)(C)C)[C@](C(=O)O)(C(C)C)C1. The summed E-state index contributed by atoms with van der Waals surface area (Å²) in [6.45, 7) is 9.09. The quantitative estimate of drug-likeness (QED) is 0.860. The fraction of sp³-hybridized carbons (Fsp3) is 0.857. The van der Waals surface area contributed by atoms with Gasteiger partial charge in [-0.3, -0.25) is 4.90 Å². The van der Waals surface area contributed by atoms with Crippen molar-refractivity contribution in [2.24, 2.45) is 5.92 Å². The number of methoxy groups -OCH3 is 1. The van der Waals surface area contributed by atoms with Crippen LogP contribution in [0.5, 0.6) is 0 Å². The second-order valence-corrected chi connectivity index (χ2v) is 6.54. The maximum Gasteiger partial charge on any atom is 0.411 e. The zero-order valence-corrected chi connectivity index (χ0v) is 13.1. The Morgan fingerprint density at radius 1 is 1.35 bits per heavy atom. The van der Waals surface area contributed by atoms with Gasteiger partial charge in [0.05, 0.1) is 12.6 Å². The zero-order valence-electron chi connectivity index (χ0n) is 13.1. The molecule has 0 aromatic carbocycles. The standard InChI is InChI=1S/C14H25NO5/c1-9(2)14(11(16)17)7-10(19-6)8-15(14)12(18)20-13(3,4)5/h9-10H,7-8H2,1-6H3,(H,16,17)/t10-,14-/m0/s1. The number of nitrogens with zero attached hydrogens (tertiary/aromatic N) is 1. The van der Waals surface area contributed by atoms with Gasteiger partial charge in [0.15, 0.2) is 0 Å². The highest BCUT2D eigenvalue weighted by Crippen LogP contribution is 2.38. The smallest absolute Gasteiger partial charge is 0.411 e. The van der Waals surface area contributed by atoms with E-state index in [2.05, 4.69) is 0 Å². The summed E-state index contributed by atoms with van der Waals surface area (Å²) in [5.74, 6) is -1.26. The van der Waals surface area contributed by atoms with Crippen LogP contribution in [0.4, 0.5) is 4.79 Å². The molecule has 0 spiro atoms. The van der Waals surface area contributed by atoms with Gasteiger partial charge in [0.1, 0.15) is 11.1 Å². The van der Waals surface area contributed by atoms with Crippen molar-refractivity contribution in [2.45, 2.75) is 58.3 Å². The molecule has 1 saturated heterocycles. The molecule has 0 unspecified atom stereocenters. The molecule has 1 amide bonds. The molecule has 1 aliphatic rings. The maximum atomic E-state index is 12.3. The highest BCUT2D eigenvalue weighted by atomic mass is 16.6. The highest BCUT2D eigenvalue weighted by Gasteiger charge is 2.56. The van der Waals surface area contributed by atoms with Crippen LogP contribution >= 0.6 is 0 Å². The third-order valence-electron chi connectivity index (χ3n) is 3.68. The van der Waals surface area contributed by atoms with Gasteiger partial charge in [-0.15, -0.1) is 0 Å². The first-order chi connectivity index (χ1) is 9.04. The molecule has 0 aliphatic carbocycles. The van der Waals surface area contributed by atoms with E-state index in [-0.39, 0.29) is 25.0 Å². The molecule has 1 fully saturated rings. The molecule has 0 bridgehead atoms. The summed E-state index contributed by atoms with van der Waals surface area (Å²) < 4.78 is 10.6. The number of hydrogen-bond donors (Lipinski definition) is 1. The summed E-state index contributed by atoms with van der Waals surface area (Å²) in [6.07, 6.45) is -0.621. The van der Waals surface area contributed by atoms with E-state index in [1.807, 2.05) is 0 Å². The Hall–Kier alpha value is -1.30. The predicted octanol–water partition coefficient (Wildman–Crippen LogP) is 2.12. The summed E-state index contributed by atoms with van der Waals surface area (Å²) in [6, 6.07) is 0. The first kappa shape index (κ1) is 16.8. The molecule has 1 heterocycles. The van der Waals surface area contributed by atoms with Gasteiger partial charge in [0.25, 0.3) is 0 Å². The van der Waals surface area contributed by atoms with Crippen LogP contribution < -0.4 is 0 Å². The number of likely N-dealkylation sites (tertiary alicyclic amines) is 1. The Kier molecular flexibility index (Phi) is 4.69. The van der Waals surface area contributed by atoms with E-state index < -0.39 is 23.2 Å². The van der Waals surface area contributed by atoms with E-state index >= 15 is 0 Å². The molecule has 6 heteroatoms. The lowest BCUT2D eigenvalue weighted by Crippen LogP contribution is -2.57. The van der Waals surface area contributed by atoms with Crippen molar-refractivity contribution in [2.75, 3.05) is 13.7 Å². The van der Waals surface area contributed by atoms with E-state index in [1.165, 1.54) is 12.0 Å². The van der Waals surface area contributed by atoms with E-state index in [0.29, 0.717) is 0 Å². The van der Waals surface area contributed by atoms with E-state index in [4.69, 9.17) is 9.47 Å². The van der Waals surface area contributed by atoms with Crippen LogP contribution in [0.3, 0.4) is 0 Å². The number of carbonyl (C=O) groups excluding carboxylic acids is 1. The minimum absolute atomic E-state index is 0.232. The molecule has 2 atom stereocenters. The Morgan fingerprint density at radius 3 is 2.25 bits per heavy atom. The first-order valence-corrected chi connectivity index (χ1v) is 6.81. The van der Waals surface area contributed by atoms with Gasteiger partial charge in [-0.1, -0.05) is 13.8 Å². The number of aliphatic carboxylic acids is 1. The third-order valence-corrected chi connectivity index (χ3v) is 3.68. The monoisotopic (exact) mass is 287 g/mol. The van der Waals surface area contributed by atoms with E-state index in [9.17, 15) is 14.7 Å². The zero-order chi connectivity index (χ0) is 15.7. The number of carbonyl (C=O) groups is 2. The van der Waals surface area contributed by atoms with Gasteiger partial charge in [-0.2, -0.15) is 0 Å². The molecule has 1 N–H and O–H groups in total. The Bertz CT molecular complexity index is 388. The average molecular weight is 287 g/mol. The van der Waals surface area contributed by atoms with E-state index in [0.717, 1.165) is 0 Å². The summed E-state index contributed by atoms with van der Waals surface area (Å²) in [7, 11) is 1.52. The molecule has 0 aromatic heterocycles. The molecule has 0 aromatic rings. The Labute approximate surface area is 120 Å². The summed E-state index contributed by atoms with van der Waals surface area (Å²) in [5, 5.41) is 9.66. The second-order valence-electron chi connectivity index (χ2n) is 6.54. The predicted molar refractivity (Wildman–Crippen MR) is 73.6 cm³/mol. The lowest BCUT2D eigenvalue weighted by atomic mass is 9.83. The topological polar surface area (TPSA) is 76.1 Å². The molecule has 6 nitrogen and oxygen atoms in total. The van der Waals surface area contributed by atoms with Gasteiger partial charge in [-0.25, -0.2) is 9.59 Å². The van der Waals surface area contributed by atoms with Crippen LogP contribution in [0.15, 0.2) is 0 Å². The van der Waals surface area contributed by atoms with Crippen molar-refractivity contribution in [3.05, 3.63) is 0 Å². The molecule has 1 rings (SSSR count). The van der Waals surface area contributed by atoms with Gasteiger partial charge in [0.2, 0.25) is 0 Å². The van der Waals surface area contributed by atoms with Gasteiger partial charge < -0.3 is 14.6 Å². The van der Waals surface area contributed by atoms with Crippen molar-refractivity contribution in [1.29, 1.82) is 0 Å². The lowest BCUT2D eigenvalue weighted by molar-refractivity contribution is -0.152. The number of amides is 1. The van der Waals surface area contributed by atoms with Crippen LogP contribution in [0.1, 0.15) is 41.0 Å². The number of hydrogen-bond acceptors (Lipinski definition) is 4. The summed E-state index contributed by atoms with van der Waals surface area (Å²) in [5.41, 5.74) is -1.94. The molecule has 0 radical (unpaired) electrons. The van der Waals surface area contributed by atoms with Gasteiger partial charge in [0, 0.05) is 13.5 Å². The summed E-state index contributed by atoms with van der Waals surface area (Å²) >= 11 is 0. The van der Waals surface area contributed by atoms with Crippen LogP contribution in [0.25, 0.3) is 0 Å². The molecule has 1 aliphatic heterocycles. The number of carboxylic acids is 1. The number of rotatable bonds is 3. The van der Waals surface area contributed by atoms with E-state index in [1.54, 1.807) is 34.6 Å². The number of carboxylic acid groups (broad SMARTS) is 1. The minimum Gasteiger partial charge on any atom is -0.479 e. The fourth-order valence-electron chi connectivity index (χ4n) is 2.60. The molecular weight excluding hydrogens is 262 g/mol. The first-order valence-electron chi connectivity index (χ1n) is 6.81. The number of ether oxygens (including phenoxy) is 2. The van der Waals surface area contributed by atoms with Crippen molar-refractivity contribution < 1.29 is 24.2 Å². The molecule has 0 saturated carbocycles. The summed E-state index contributed by atoms with van der Waals surface area (Å²) in [4.78, 5) is 25.4. The Morgan fingerprint density at radius 2 is 1.90 bits per heavy atom. The Balaban J connectivity index is 3.12. The normalized spacial score (nSPS) is 26.9. The maximum absolute atomic E-state index is 12.3. The fourth-order valence-corrected chi connectivity index (χ4v) is 2.60. The van der Waals surface area contributed by atoms with Crippen LogP contribution in [0, 0.1) is 5.92 Å². The lowest BCUT2D eigenvalue weighted by Gasteiger charge is -2.38. The minimum atomic E-state index is -1.27.